The van der Waals surface area contributed by atoms with E-state index in [0.29, 0.717) is 5.92 Å². The molecule has 104 valence electrons. The number of amides is 1. The van der Waals surface area contributed by atoms with E-state index in [1.54, 1.807) is 11.8 Å². The van der Waals surface area contributed by atoms with E-state index in [9.17, 15) is 9.59 Å². The van der Waals surface area contributed by atoms with E-state index in [1.165, 1.54) is 45.4 Å². The van der Waals surface area contributed by atoms with E-state index >= 15 is 0 Å². The molecule has 2 unspecified atom stereocenters. The fourth-order valence-corrected chi connectivity index (χ4v) is 2.84. The minimum atomic E-state index is -0.155. The van der Waals surface area contributed by atoms with Crippen molar-refractivity contribution in [3.05, 3.63) is 0 Å². The van der Waals surface area contributed by atoms with Crippen molar-refractivity contribution in [2.75, 3.05) is 6.54 Å². The highest BCUT2D eigenvalue weighted by Crippen LogP contribution is 2.23. The van der Waals surface area contributed by atoms with Crippen LogP contribution in [0.3, 0.4) is 0 Å². The summed E-state index contributed by atoms with van der Waals surface area (Å²) >= 11 is 0. The standard InChI is InChI=1S/C9H15NO2.C6H12/c1-6-4-9(7(2)11)10(5-6)8(3)12;1-2-4-6-5-3-1/h6,9H,4-5H2,1-3H3;1-6H2. The largest absolute Gasteiger partial charge is 0.333 e. The lowest BCUT2D eigenvalue weighted by Gasteiger charge is -2.20. The van der Waals surface area contributed by atoms with Crippen molar-refractivity contribution < 1.29 is 9.59 Å². The van der Waals surface area contributed by atoms with Gasteiger partial charge in [-0.2, -0.15) is 0 Å². The van der Waals surface area contributed by atoms with Crippen LogP contribution in [0.4, 0.5) is 0 Å². The molecule has 1 saturated carbocycles. The van der Waals surface area contributed by atoms with Gasteiger partial charge in [0.25, 0.3) is 0 Å². The van der Waals surface area contributed by atoms with Crippen LogP contribution in [-0.2, 0) is 9.59 Å². The van der Waals surface area contributed by atoms with Crippen molar-refractivity contribution in [2.45, 2.75) is 71.8 Å². The highest BCUT2D eigenvalue weighted by Gasteiger charge is 2.33. The molecule has 0 spiro atoms. The van der Waals surface area contributed by atoms with Crippen LogP contribution in [0, 0.1) is 5.92 Å². The first-order chi connectivity index (χ1) is 8.52. The Morgan fingerprint density at radius 1 is 0.944 bits per heavy atom. The van der Waals surface area contributed by atoms with Gasteiger partial charge in [0.1, 0.15) is 0 Å². The van der Waals surface area contributed by atoms with Crippen molar-refractivity contribution in [2.24, 2.45) is 5.92 Å². The number of carbonyl (C=O) groups is 2. The summed E-state index contributed by atoms with van der Waals surface area (Å²) in [6, 6.07) is -0.155. The van der Waals surface area contributed by atoms with Crippen LogP contribution in [-0.4, -0.2) is 29.2 Å². The summed E-state index contributed by atoms with van der Waals surface area (Å²) in [5.74, 6) is 0.580. The Kier molecular flexibility index (Phi) is 6.37. The zero-order chi connectivity index (χ0) is 13.5. The van der Waals surface area contributed by atoms with Gasteiger partial charge in [0.05, 0.1) is 6.04 Å². The van der Waals surface area contributed by atoms with E-state index in [-0.39, 0.29) is 17.7 Å². The molecule has 1 aliphatic heterocycles. The van der Waals surface area contributed by atoms with E-state index in [4.69, 9.17) is 0 Å². The number of carbonyl (C=O) groups excluding carboxylic acids is 2. The lowest BCUT2D eigenvalue weighted by molar-refractivity contribution is -0.135. The summed E-state index contributed by atoms with van der Waals surface area (Å²) < 4.78 is 0. The van der Waals surface area contributed by atoms with Crippen LogP contribution in [0.25, 0.3) is 0 Å². The second-order valence-corrected chi connectivity index (χ2v) is 5.76. The van der Waals surface area contributed by atoms with Crippen LogP contribution in [0.2, 0.25) is 0 Å². The van der Waals surface area contributed by atoms with E-state index < -0.39 is 0 Å². The number of Topliss-reactive ketones (excluding diaryl/α,β-unsaturated/α-hetero) is 1. The molecule has 2 aliphatic rings. The Balaban J connectivity index is 0.000000225. The Labute approximate surface area is 111 Å². The molecule has 0 bridgehead atoms. The third kappa shape index (κ3) is 4.79. The highest BCUT2D eigenvalue weighted by molar-refractivity contribution is 5.87. The fourth-order valence-electron chi connectivity index (χ4n) is 2.84. The first-order valence-corrected chi connectivity index (χ1v) is 7.30. The third-order valence-electron chi connectivity index (χ3n) is 3.88. The number of hydrogen-bond donors (Lipinski definition) is 0. The number of likely N-dealkylation sites (tertiary alicyclic amines) is 1. The molecule has 0 radical (unpaired) electrons. The zero-order valence-electron chi connectivity index (χ0n) is 12.1. The van der Waals surface area contributed by atoms with Gasteiger partial charge in [-0.15, -0.1) is 0 Å². The molecule has 1 saturated heterocycles. The lowest BCUT2D eigenvalue weighted by atomic mass is 10.0. The minimum Gasteiger partial charge on any atom is -0.333 e. The Morgan fingerprint density at radius 2 is 1.39 bits per heavy atom. The van der Waals surface area contributed by atoms with Crippen LogP contribution in [0.1, 0.15) is 65.7 Å². The monoisotopic (exact) mass is 253 g/mol. The summed E-state index contributed by atoms with van der Waals surface area (Å²) in [5, 5.41) is 0. The maximum Gasteiger partial charge on any atom is 0.220 e. The first-order valence-electron chi connectivity index (χ1n) is 7.30. The van der Waals surface area contributed by atoms with Gasteiger partial charge in [-0.05, 0) is 19.3 Å². The Morgan fingerprint density at radius 3 is 1.67 bits per heavy atom. The van der Waals surface area contributed by atoms with Crippen molar-refractivity contribution in [1.29, 1.82) is 0 Å². The summed E-state index contributed by atoms with van der Waals surface area (Å²) in [6.07, 6.45) is 9.83. The second-order valence-electron chi connectivity index (χ2n) is 5.76. The molecule has 3 heteroatoms. The summed E-state index contributed by atoms with van der Waals surface area (Å²) in [5.41, 5.74) is 0. The predicted molar refractivity (Wildman–Crippen MR) is 73.3 cm³/mol. The molecule has 0 aromatic carbocycles. The summed E-state index contributed by atoms with van der Waals surface area (Å²) in [7, 11) is 0. The molecular formula is C15H27NO2. The molecule has 2 fully saturated rings. The maximum atomic E-state index is 11.1. The first kappa shape index (κ1) is 15.2. The SMILES string of the molecule is C1CCCCC1.CC(=O)C1CC(C)CN1C(C)=O. The van der Waals surface area contributed by atoms with Crippen molar-refractivity contribution in [3.8, 4) is 0 Å². The van der Waals surface area contributed by atoms with Crippen molar-refractivity contribution in [3.63, 3.8) is 0 Å². The van der Waals surface area contributed by atoms with E-state index in [2.05, 4.69) is 6.92 Å². The smallest absolute Gasteiger partial charge is 0.220 e. The van der Waals surface area contributed by atoms with Crippen LogP contribution in [0.15, 0.2) is 0 Å². The molecular weight excluding hydrogens is 226 g/mol. The normalized spacial score (nSPS) is 27.4. The van der Waals surface area contributed by atoms with Crippen LogP contribution in [0.5, 0.6) is 0 Å². The molecule has 1 heterocycles. The molecule has 2 rings (SSSR count). The molecule has 1 aliphatic carbocycles. The number of hydrogen-bond acceptors (Lipinski definition) is 2. The maximum absolute atomic E-state index is 11.1. The van der Waals surface area contributed by atoms with Crippen LogP contribution >= 0.6 is 0 Å². The molecule has 0 aromatic heterocycles. The minimum absolute atomic E-state index is 0.0135. The second kappa shape index (κ2) is 7.55. The zero-order valence-corrected chi connectivity index (χ0v) is 12.1. The van der Waals surface area contributed by atoms with E-state index in [1.807, 2.05) is 0 Å². The summed E-state index contributed by atoms with van der Waals surface area (Å²) in [4.78, 5) is 23.9. The molecule has 0 aromatic rings. The molecule has 2 atom stereocenters. The number of rotatable bonds is 1. The highest BCUT2D eigenvalue weighted by atomic mass is 16.2. The average Bonchev–Trinajstić information content (AvgIpc) is 2.75. The third-order valence-corrected chi connectivity index (χ3v) is 3.88. The van der Waals surface area contributed by atoms with E-state index in [0.717, 1.165) is 13.0 Å². The fraction of sp³-hybridized carbons (Fsp3) is 0.867. The Hall–Kier alpha value is -0.860. The average molecular weight is 253 g/mol. The molecule has 1 amide bonds. The lowest BCUT2D eigenvalue weighted by Crippen LogP contribution is -2.38. The van der Waals surface area contributed by atoms with Crippen molar-refractivity contribution >= 4 is 11.7 Å². The van der Waals surface area contributed by atoms with Crippen molar-refractivity contribution in [1.82, 2.24) is 4.90 Å². The van der Waals surface area contributed by atoms with Gasteiger partial charge in [-0.3, -0.25) is 9.59 Å². The predicted octanol–water partition coefficient (Wildman–Crippen LogP) is 3.17. The topological polar surface area (TPSA) is 37.4 Å². The van der Waals surface area contributed by atoms with Gasteiger partial charge in [0.15, 0.2) is 5.78 Å². The number of nitrogens with zero attached hydrogens (tertiary/aromatic N) is 1. The number of ketones is 1. The van der Waals surface area contributed by atoms with Gasteiger partial charge in [-0.25, -0.2) is 0 Å². The van der Waals surface area contributed by atoms with Gasteiger partial charge < -0.3 is 4.90 Å². The molecule has 3 nitrogen and oxygen atoms in total. The quantitative estimate of drug-likeness (QED) is 0.720. The Bertz CT molecular complexity index is 251. The van der Waals surface area contributed by atoms with Gasteiger partial charge in [0.2, 0.25) is 5.91 Å². The van der Waals surface area contributed by atoms with Gasteiger partial charge >= 0.3 is 0 Å². The van der Waals surface area contributed by atoms with Gasteiger partial charge in [0, 0.05) is 13.5 Å². The van der Waals surface area contributed by atoms with Crippen LogP contribution < -0.4 is 0 Å². The van der Waals surface area contributed by atoms with Gasteiger partial charge in [-0.1, -0.05) is 45.4 Å². The summed E-state index contributed by atoms with van der Waals surface area (Å²) in [6.45, 7) is 5.88. The molecule has 0 N–H and O–H groups in total. The molecule has 18 heavy (non-hydrogen) atoms.